The number of anilines is 1. The number of phenols is 1. The van der Waals surface area contributed by atoms with E-state index < -0.39 is 6.17 Å². The van der Waals surface area contributed by atoms with Crippen LogP contribution in [0.2, 0.25) is 0 Å². The molecule has 40 heavy (non-hydrogen) atoms. The molecule has 1 unspecified atom stereocenters. The Bertz CT molecular complexity index is 1550. The van der Waals surface area contributed by atoms with Gasteiger partial charge in [0.2, 0.25) is 0 Å². The average molecular weight is 565 g/mol. The SMILES string of the molecule is CSc1ccc(F)cc1C1C[C@H](F)CN1c1ccc2ncc(C(=O)N[C@H]3CCN(Cc4cccc(O)c4)C3)n2n1. The smallest absolute Gasteiger partial charge is 0.271 e. The van der Waals surface area contributed by atoms with E-state index in [0.29, 0.717) is 30.2 Å². The number of rotatable bonds is 7. The molecule has 208 valence electrons. The Balaban J connectivity index is 1.20. The van der Waals surface area contributed by atoms with E-state index in [1.165, 1.54) is 34.6 Å². The molecule has 1 amide bonds. The number of alkyl halides is 1. The van der Waals surface area contributed by atoms with Crippen LogP contribution in [-0.4, -0.2) is 68.6 Å². The average Bonchev–Trinajstić information content (AvgIpc) is 3.66. The van der Waals surface area contributed by atoms with Crippen LogP contribution in [0.15, 0.2) is 65.7 Å². The predicted octanol–water partition coefficient (Wildman–Crippen LogP) is 4.59. The molecule has 2 N–H and O–H groups in total. The summed E-state index contributed by atoms with van der Waals surface area (Å²) in [6.45, 7) is 2.34. The lowest BCUT2D eigenvalue weighted by Gasteiger charge is -2.27. The van der Waals surface area contributed by atoms with Gasteiger partial charge in [0.25, 0.3) is 5.91 Å². The van der Waals surface area contributed by atoms with Crippen LogP contribution in [0.1, 0.15) is 40.5 Å². The van der Waals surface area contributed by atoms with E-state index in [4.69, 9.17) is 5.10 Å². The highest BCUT2D eigenvalue weighted by Gasteiger charge is 2.36. The van der Waals surface area contributed by atoms with Crippen LogP contribution in [0.4, 0.5) is 14.6 Å². The highest BCUT2D eigenvalue weighted by Crippen LogP contribution is 2.40. The van der Waals surface area contributed by atoms with Gasteiger partial charge in [0.1, 0.15) is 23.6 Å². The zero-order chi connectivity index (χ0) is 27.8. The molecule has 0 aliphatic carbocycles. The largest absolute Gasteiger partial charge is 0.508 e. The number of hydrogen-bond acceptors (Lipinski definition) is 7. The monoisotopic (exact) mass is 564 g/mol. The Labute approximate surface area is 235 Å². The first-order chi connectivity index (χ1) is 19.4. The molecule has 2 saturated heterocycles. The van der Waals surface area contributed by atoms with Crippen molar-refractivity contribution in [2.45, 2.75) is 42.5 Å². The first-order valence-corrected chi connectivity index (χ1v) is 14.5. The van der Waals surface area contributed by atoms with Crippen LogP contribution in [0.5, 0.6) is 5.75 Å². The second-order valence-corrected chi connectivity index (χ2v) is 11.2. The number of carbonyl (C=O) groups is 1. The number of nitrogens with one attached hydrogen (secondary N) is 1. The molecule has 0 radical (unpaired) electrons. The number of thioether (sulfide) groups is 1. The van der Waals surface area contributed by atoms with Crippen molar-refractivity contribution in [2.24, 2.45) is 0 Å². The maximum Gasteiger partial charge on any atom is 0.271 e. The van der Waals surface area contributed by atoms with Gasteiger partial charge in [-0.1, -0.05) is 12.1 Å². The lowest BCUT2D eigenvalue weighted by molar-refractivity contribution is 0.0930. The molecular formula is C29H30F2N6O2S. The molecule has 2 aliphatic heterocycles. The third kappa shape index (κ3) is 5.35. The lowest BCUT2D eigenvalue weighted by atomic mass is 10.0. The molecule has 6 rings (SSSR count). The van der Waals surface area contributed by atoms with E-state index in [1.54, 1.807) is 30.3 Å². The number of aromatic hydroxyl groups is 1. The molecule has 4 aromatic rings. The molecule has 0 saturated carbocycles. The molecule has 2 aromatic carbocycles. The van der Waals surface area contributed by atoms with Crippen molar-refractivity contribution in [3.8, 4) is 5.75 Å². The number of hydrogen-bond donors (Lipinski definition) is 2. The van der Waals surface area contributed by atoms with Crippen molar-refractivity contribution in [1.29, 1.82) is 0 Å². The number of nitrogens with zero attached hydrogens (tertiary/aromatic N) is 5. The van der Waals surface area contributed by atoms with Crippen LogP contribution < -0.4 is 10.2 Å². The highest BCUT2D eigenvalue weighted by molar-refractivity contribution is 7.98. The third-order valence-corrected chi connectivity index (χ3v) is 8.41. The van der Waals surface area contributed by atoms with Gasteiger partial charge >= 0.3 is 0 Å². The Morgan fingerprint density at radius 1 is 1.18 bits per heavy atom. The number of imidazole rings is 1. The summed E-state index contributed by atoms with van der Waals surface area (Å²) in [5.41, 5.74) is 2.55. The topological polar surface area (TPSA) is 86.0 Å². The van der Waals surface area contributed by atoms with Gasteiger partial charge < -0.3 is 15.3 Å². The van der Waals surface area contributed by atoms with Gasteiger partial charge in [-0.25, -0.2) is 18.3 Å². The van der Waals surface area contributed by atoms with E-state index in [-0.39, 0.29) is 42.5 Å². The maximum absolute atomic E-state index is 14.7. The Morgan fingerprint density at radius 2 is 2.05 bits per heavy atom. The number of benzene rings is 2. The van der Waals surface area contributed by atoms with E-state index in [9.17, 15) is 18.7 Å². The summed E-state index contributed by atoms with van der Waals surface area (Å²) in [7, 11) is 0. The summed E-state index contributed by atoms with van der Waals surface area (Å²) in [6.07, 6.45) is 3.36. The Hall–Kier alpha value is -3.70. The predicted molar refractivity (Wildman–Crippen MR) is 150 cm³/mol. The second-order valence-electron chi connectivity index (χ2n) is 10.4. The highest BCUT2D eigenvalue weighted by atomic mass is 32.2. The normalized spacial score (nSPS) is 21.4. The summed E-state index contributed by atoms with van der Waals surface area (Å²) in [4.78, 5) is 22.6. The molecule has 0 bridgehead atoms. The van der Waals surface area contributed by atoms with Crippen molar-refractivity contribution in [1.82, 2.24) is 24.8 Å². The van der Waals surface area contributed by atoms with Crippen LogP contribution in [0.25, 0.3) is 5.65 Å². The lowest BCUT2D eigenvalue weighted by Crippen LogP contribution is -2.37. The second kappa shape index (κ2) is 11.1. The summed E-state index contributed by atoms with van der Waals surface area (Å²) in [5, 5.41) is 17.5. The molecule has 0 spiro atoms. The van der Waals surface area contributed by atoms with Crippen molar-refractivity contribution in [3.05, 3.63) is 83.4 Å². The van der Waals surface area contributed by atoms with Gasteiger partial charge in [0.15, 0.2) is 11.3 Å². The number of fused-ring (bicyclic) bond motifs is 1. The van der Waals surface area contributed by atoms with E-state index in [2.05, 4.69) is 15.2 Å². The van der Waals surface area contributed by atoms with Gasteiger partial charge in [0, 0.05) is 37.0 Å². The molecule has 2 aromatic heterocycles. The first-order valence-electron chi connectivity index (χ1n) is 13.3. The first kappa shape index (κ1) is 26.5. The van der Waals surface area contributed by atoms with Gasteiger partial charge in [-0.15, -0.1) is 16.9 Å². The minimum absolute atomic E-state index is 0.0354. The van der Waals surface area contributed by atoms with E-state index in [0.717, 1.165) is 29.0 Å². The minimum Gasteiger partial charge on any atom is -0.508 e. The van der Waals surface area contributed by atoms with E-state index in [1.807, 2.05) is 23.3 Å². The minimum atomic E-state index is -1.09. The Morgan fingerprint density at radius 3 is 2.88 bits per heavy atom. The van der Waals surface area contributed by atoms with Crippen LogP contribution >= 0.6 is 11.8 Å². The Kier molecular flexibility index (Phi) is 7.33. The molecule has 11 heteroatoms. The molecular weight excluding hydrogens is 534 g/mol. The van der Waals surface area contributed by atoms with Crippen molar-refractivity contribution in [2.75, 3.05) is 30.8 Å². The summed E-state index contributed by atoms with van der Waals surface area (Å²) in [5.74, 6) is 0.0973. The number of phenolic OH excluding ortho intramolecular Hbond substituents is 1. The zero-order valence-corrected chi connectivity index (χ0v) is 22.8. The number of amides is 1. The fourth-order valence-corrected chi connectivity index (χ4v) is 6.37. The number of aromatic nitrogens is 3. The van der Waals surface area contributed by atoms with Gasteiger partial charge in [-0.05, 0) is 66.3 Å². The van der Waals surface area contributed by atoms with Crippen molar-refractivity contribution < 1.29 is 18.7 Å². The van der Waals surface area contributed by atoms with Crippen LogP contribution in [-0.2, 0) is 6.54 Å². The molecule has 3 atom stereocenters. The van der Waals surface area contributed by atoms with E-state index >= 15 is 0 Å². The summed E-state index contributed by atoms with van der Waals surface area (Å²) >= 11 is 1.50. The summed E-state index contributed by atoms with van der Waals surface area (Å²) in [6, 6.07) is 14.9. The van der Waals surface area contributed by atoms with Gasteiger partial charge in [-0.3, -0.25) is 9.69 Å². The molecule has 2 aliphatic rings. The molecule has 8 nitrogen and oxygen atoms in total. The molecule has 2 fully saturated rings. The standard InChI is InChI=1S/C29H30F2N6O2S/c1-40-26-6-5-19(30)12-23(26)24-13-20(31)16-36(24)28-8-7-27-32-14-25(37(27)34-28)29(39)33-21-9-10-35(17-21)15-18-3-2-4-22(38)11-18/h2-8,11-12,14,20-21,24,38H,9-10,13,15-17H2,1H3,(H,33,39)/t20-,21-,24?/m0/s1. The fourth-order valence-electron chi connectivity index (χ4n) is 5.74. The number of halogens is 2. The maximum atomic E-state index is 14.7. The van der Waals surface area contributed by atoms with Crippen LogP contribution in [0.3, 0.4) is 0 Å². The van der Waals surface area contributed by atoms with Gasteiger partial charge in [0.05, 0.1) is 18.8 Å². The number of likely N-dealkylation sites (tertiary alicyclic amines) is 1. The molecule has 4 heterocycles. The summed E-state index contributed by atoms with van der Waals surface area (Å²) < 4.78 is 30.4. The number of carbonyl (C=O) groups excluding carboxylic acids is 1. The quantitative estimate of drug-likeness (QED) is 0.318. The van der Waals surface area contributed by atoms with Gasteiger partial charge in [-0.2, -0.15) is 0 Å². The fraction of sp³-hybridized carbons (Fsp3) is 0.345. The zero-order valence-electron chi connectivity index (χ0n) is 22.0. The third-order valence-electron chi connectivity index (χ3n) is 7.60. The van der Waals surface area contributed by atoms with Crippen molar-refractivity contribution >= 4 is 29.1 Å². The van der Waals surface area contributed by atoms with Crippen molar-refractivity contribution in [3.63, 3.8) is 0 Å². The van der Waals surface area contributed by atoms with Crippen LogP contribution in [0, 0.1) is 5.82 Å².